The molecular formula is C13H18Cl2N2O2. The van der Waals surface area contributed by atoms with Crippen LogP contribution in [0.4, 0.5) is 5.69 Å². The first-order chi connectivity index (χ1) is 8.86. The van der Waals surface area contributed by atoms with E-state index in [1.54, 1.807) is 12.1 Å². The predicted octanol–water partition coefficient (Wildman–Crippen LogP) is 3.16. The molecule has 0 saturated heterocycles. The number of carbonyl (C=O) groups excluding carboxylic acids is 1. The molecule has 0 aliphatic heterocycles. The quantitative estimate of drug-likeness (QED) is 0.647. The monoisotopic (exact) mass is 304 g/mol. The molecule has 1 aromatic carbocycles. The molecule has 0 spiro atoms. The van der Waals surface area contributed by atoms with Crippen LogP contribution < -0.4 is 11.5 Å². The van der Waals surface area contributed by atoms with Crippen LogP contribution in [0.25, 0.3) is 0 Å². The summed E-state index contributed by atoms with van der Waals surface area (Å²) >= 11 is 12.2. The van der Waals surface area contributed by atoms with Gasteiger partial charge < -0.3 is 16.2 Å². The fourth-order valence-electron chi connectivity index (χ4n) is 1.77. The lowest BCUT2D eigenvalue weighted by Crippen LogP contribution is -2.21. The fraction of sp³-hybridized carbons (Fsp3) is 0.462. The van der Waals surface area contributed by atoms with Crippen LogP contribution in [0.2, 0.25) is 10.0 Å². The Hall–Kier alpha value is -0.970. The van der Waals surface area contributed by atoms with Crippen molar-refractivity contribution in [2.75, 3.05) is 12.3 Å². The number of hydrogen-bond donors (Lipinski definition) is 2. The Balaban J connectivity index is 3.16. The first kappa shape index (κ1) is 16.1. The summed E-state index contributed by atoms with van der Waals surface area (Å²) in [6.07, 6.45) is 0.0537. The molecule has 1 rings (SSSR count). The Morgan fingerprint density at radius 1 is 1.37 bits per heavy atom. The zero-order chi connectivity index (χ0) is 14.6. The van der Waals surface area contributed by atoms with E-state index in [1.165, 1.54) is 0 Å². The van der Waals surface area contributed by atoms with Crippen molar-refractivity contribution in [1.29, 1.82) is 0 Å². The summed E-state index contributed by atoms with van der Waals surface area (Å²) in [4.78, 5) is 11.4. The Bertz CT molecular complexity index is 464. The second kappa shape index (κ2) is 6.98. The van der Waals surface area contributed by atoms with Crippen molar-refractivity contribution in [3.05, 3.63) is 27.7 Å². The van der Waals surface area contributed by atoms with E-state index in [1.807, 2.05) is 13.8 Å². The van der Waals surface area contributed by atoms with E-state index in [2.05, 4.69) is 0 Å². The summed E-state index contributed by atoms with van der Waals surface area (Å²) in [7, 11) is 0. The lowest BCUT2D eigenvalue weighted by molar-refractivity contribution is -0.148. The highest BCUT2D eigenvalue weighted by molar-refractivity contribution is 6.42. The van der Waals surface area contributed by atoms with Gasteiger partial charge in [0.2, 0.25) is 0 Å². The van der Waals surface area contributed by atoms with E-state index in [-0.39, 0.29) is 6.54 Å². The van der Waals surface area contributed by atoms with Crippen molar-refractivity contribution in [3.63, 3.8) is 0 Å². The van der Waals surface area contributed by atoms with Crippen molar-refractivity contribution in [3.8, 4) is 0 Å². The number of esters is 1. The van der Waals surface area contributed by atoms with Crippen LogP contribution in [0.3, 0.4) is 0 Å². The van der Waals surface area contributed by atoms with Crippen molar-refractivity contribution in [2.45, 2.75) is 26.4 Å². The third-order valence-electron chi connectivity index (χ3n) is 2.61. The van der Waals surface area contributed by atoms with Gasteiger partial charge in [-0.3, -0.25) is 4.79 Å². The summed E-state index contributed by atoms with van der Waals surface area (Å²) in [5, 5.41) is 0.695. The molecule has 1 atom stereocenters. The molecule has 106 valence electrons. The minimum atomic E-state index is -0.540. The third kappa shape index (κ3) is 4.27. The molecule has 1 unspecified atom stereocenters. The number of carbonyl (C=O) groups is 1. The van der Waals surface area contributed by atoms with E-state index >= 15 is 0 Å². The molecule has 0 heterocycles. The van der Waals surface area contributed by atoms with E-state index in [0.29, 0.717) is 33.6 Å². The van der Waals surface area contributed by atoms with E-state index < -0.39 is 12.1 Å². The highest BCUT2D eigenvalue weighted by Crippen LogP contribution is 2.38. The molecule has 0 aromatic heterocycles. The van der Waals surface area contributed by atoms with Crippen molar-refractivity contribution < 1.29 is 9.53 Å². The van der Waals surface area contributed by atoms with Crippen LogP contribution in [0.15, 0.2) is 12.1 Å². The Labute approximate surface area is 123 Å². The zero-order valence-electron chi connectivity index (χ0n) is 11.0. The van der Waals surface area contributed by atoms with Crippen LogP contribution in [-0.2, 0) is 9.53 Å². The number of rotatable bonds is 5. The standard InChI is InChI=1S/C13H18Cl2N2O2/c1-7(2)5-10(19-11(18)6-16)12-9(17)4-3-8(14)13(12)15/h3-4,7,10H,5-6,16-17H2,1-2H3. The van der Waals surface area contributed by atoms with Gasteiger partial charge in [0.05, 0.1) is 16.6 Å². The Kier molecular flexibility index (Phi) is 5.91. The number of ether oxygens (including phenoxy) is 1. The van der Waals surface area contributed by atoms with Gasteiger partial charge in [0.15, 0.2) is 0 Å². The maximum Gasteiger partial charge on any atom is 0.320 e. The second-order valence-electron chi connectivity index (χ2n) is 4.68. The average molecular weight is 305 g/mol. The number of halogens is 2. The summed E-state index contributed by atoms with van der Waals surface area (Å²) in [5.41, 5.74) is 12.2. The molecule has 0 saturated carbocycles. The highest BCUT2D eigenvalue weighted by atomic mass is 35.5. The van der Waals surface area contributed by atoms with Crippen LogP contribution >= 0.6 is 23.2 Å². The van der Waals surface area contributed by atoms with Gasteiger partial charge in [-0.15, -0.1) is 0 Å². The van der Waals surface area contributed by atoms with Gasteiger partial charge in [-0.25, -0.2) is 0 Å². The summed E-state index contributed by atoms with van der Waals surface area (Å²) in [6, 6.07) is 3.26. The van der Waals surface area contributed by atoms with Crippen molar-refractivity contribution in [1.82, 2.24) is 0 Å². The molecule has 4 nitrogen and oxygen atoms in total. The van der Waals surface area contributed by atoms with Gasteiger partial charge in [-0.05, 0) is 24.5 Å². The minimum absolute atomic E-state index is 0.188. The van der Waals surface area contributed by atoms with Crippen molar-refractivity contribution in [2.24, 2.45) is 11.7 Å². The largest absolute Gasteiger partial charge is 0.456 e. The first-order valence-corrected chi connectivity index (χ1v) is 6.75. The summed E-state index contributed by atoms with van der Waals surface area (Å²) in [6.45, 7) is 3.84. The second-order valence-corrected chi connectivity index (χ2v) is 5.46. The normalized spacial score (nSPS) is 12.5. The van der Waals surface area contributed by atoms with Gasteiger partial charge in [-0.1, -0.05) is 37.0 Å². The summed E-state index contributed by atoms with van der Waals surface area (Å²) < 4.78 is 5.33. The molecule has 0 fully saturated rings. The van der Waals surface area contributed by atoms with E-state index in [9.17, 15) is 4.79 Å². The van der Waals surface area contributed by atoms with Gasteiger partial charge >= 0.3 is 5.97 Å². The van der Waals surface area contributed by atoms with Crippen LogP contribution in [0, 0.1) is 5.92 Å². The lowest BCUT2D eigenvalue weighted by atomic mass is 9.98. The SMILES string of the molecule is CC(C)CC(OC(=O)CN)c1c(N)ccc(Cl)c1Cl. The Morgan fingerprint density at radius 3 is 2.53 bits per heavy atom. The molecular weight excluding hydrogens is 287 g/mol. The molecule has 0 radical (unpaired) electrons. The average Bonchev–Trinajstić information content (AvgIpc) is 2.33. The van der Waals surface area contributed by atoms with Crippen LogP contribution in [0.5, 0.6) is 0 Å². The minimum Gasteiger partial charge on any atom is -0.456 e. The fourth-order valence-corrected chi connectivity index (χ4v) is 2.23. The van der Waals surface area contributed by atoms with Crippen LogP contribution in [0.1, 0.15) is 31.9 Å². The third-order valence-corrected chi connectivity index (χ3v) is 3.43. The van der Waals surface area contributed by atoms with Gasteiger partial charge in [0, 0.05) is 11.3 Å². The van der Waals surface area contributed by atoms with Crippen molar-refractivity contribution >= 4 is 34.9 Å². The molecule has 0 amide bonds. The molecule has 1 aromatic rings. The number of benzene rings is 1. The maximum absolute atomic E-state index is 11.4. The number of hydrogen-bond acceptors (Lipinski definition) is 4. The zero-order valence-corrected chi connectivity index (χ0v) is 12.5. The maximum atomic E-state index is 11.4. The lowest BCUT2D eigenvalue weighted by Gasteiger charge is -2.22. The van der Waals surface area contributed by atoms with E-state index in [0.717, 1.165) is 0 Å². The van der Waals surface area contributed by atoms with Crippen LogP contribution in [-0.4, -0.2) is 12.5 Å². The first-order valence-electron chi connectivity index (χ1n) is 5.99. The summed E-state index contributed by atoms with van der Waals surface area (Å²) in [5.74, 6) is -0.203. The van der Waals surface area contributed by atoms with Gasteiger partial charge in [-0.2, -0.15) is 0 Å². The Morgan fingerprint density at radius 2 is 2.00 bits per heavy atom. The number of nitrogens with two attached hydrogens (primary N) is 2. The molecule has 4 N–H and O–H groups in total. The molecule has 6 heteroatoms. The number of nitrogen functional groups attached to an aromatic ring is 1. The topological polar surface area (TPSA) is 78.3 Å². The molecule has 19 heavy (non-hydrogen) atoms. The van der Waals surface area contributed by atoms with Gasteiger partial charge in [0.25, 0.3) is 0 Å². The van der Waals surface area contributed by atoms with Gasteiger partial charge in [0.1, 0.15) is 6.10 Å². The number of anilines is 1. The molecule has 0 bridgehead atoms. The smallest absolute Gasteiger partial charge is 0.320 e. The van der Waals surface area contributed by atoms with E-state index in [4.69, 9.17) is 39.4 Å². The highest BCUT2D eigenvalue weighted by Gasteiger charge is 2.24. The molecule has 0 aliphatic rings. The predicted molar refractivity (Wildman–Crippen MR) is 78.2 cm³/mol. The molecule has 0 aliphatic carbocycles.